The Bertz CT molecular complexity index is 349. The smallest absolute Gasteiger partial charge is 0.119 e. The van der Waals surface area contributed by atoms with E-state index in [-0.39, 0.29) is 6.10 Å². The lowest BCUT2D eigenvalue weighted by Crippen LogP contribution is -2.16. The van der Waals surface area contributed by atoms with Crippen molar-refractivity contribution in [1.82, 2.24) is 0 Å². The van der Waals surface area contributed by atoms with Crippen molar-refractivity contribution in [3.63, 3.8) is 0 Å². The second-order valence-electron chi connectivity index (χ2n) is 5.36. The molecule has 0 aliphatic heterocycles. The second kappa shape index (κ2) is 8.98. The minimum absolute atomic E-state index is 0.242. The molecule has 0 amide bonds. The number of rotatable bonds is 9. The fraction of sp³-hybridized carbons (Fsp3) is 0.647. The van der Waals surface area contributed by atoms with Crippen LogP contribution in [0.15, 0.2) is 24.3 Å². The molecule has 2 nitrogen and oxygen atoms in total. The van der Waals surface area contributed by atoms with E-state index >= 15 is 0 Å². The van der Waals surface area contributed by atoms with Crippen LogP contribution in [0.5, 0.6) is 5.75 Å². The van der Waals surface area contributed by atoms with Gasteiger partial charge in [-0.2, -0.15) is 0 Å². The SMILES string of the molecule is CCCCC(CC)CC(O)Cc1cccc(OC)c1. The number of aliphatic hydroxyl groups is 1. The van der Waals surface area contributed by atoms with Crippen LogP contribution >= 0.6 is 0 Å². The lowest BCUT2D eigenvalue weighted by atomic mass is 9.91. The van der Waals surface area contributed by atoms with Crippen molar-refractivity contribution in [2.45, 2.75) is 58.5 Å². The molecule has 0 fully saturated rings. The quantitative estimate of drug-likeness (QED) is 0.724. The largest absolute Gasteiger partial charge is 0.497 e. The molecule has 1 rings (SSSR count). The summed E-state index contributed by atoms with van der Waals surface area (Å²) < 4.78 is 5.21. The van der Waals surface area contributed by atoms with Gasteiger partial charge >= 0.3 is 0 Å². The predicted molar refractivity (Wildman–Crippen MR) is 80.6 cm³/mol. The Morgan fingerprint density at radius 3 is 2.68 bits per heavy atom. The molecule has 0 saturated carbocycles. The van der Waals surface area contributed by atoms with Crippen LogP contribution in [0.2, 0.25) is 0 Å². The molecule has 2 heteroatoms. The molecule has 2 atom stereocenters. The Morgan fingerprint density at radius 2 is 2.05 bits per heavy atom. The molecular formula is C17H28O2. The van der Waals surface area contributed by atoms with Crippen LogP contribution in [-0.4, -0.2) is 18.3 Å². The van der Waals surface area contributed by atoms with E-state index in [1.807, 2.05) is 18.2 Å². The highest BCUT2D eigenvalue weighted by Crippen LogP contribution is 2.21. The Kier molecular flexibility index (Phi) is 7.57. The molecular weight excluding hydrogens is 236 g/mol. The van der Waals surface area contributed by atoms with Gasteiger partial charge in [0.2, 0.25) is 0 Å². The standard InChI is InChI=1S/C17H28O2/c1-4-6-8-14(5-2)11-16(18)12-15-9-7-10-17(13-15)19-3/h7,9-10,13-14,16,18H,4-6,8,11-12H2,1-3H3. The van der Waals surface area contributed by atoms with Crippen molar-refractivity contribution in [2.24, 2.45) is 5.92 Å². The number of aliphatic hydroxyl groups excluding tert-OH is 1. The first-order chi connectivity index (χ1) is 9.19. The van der Waals surface area contributed by atoms with Gasteiger partial charge in [-0.15, -0.1) is 0 Å². The van der Waals surface area contributed by atoms with Gasteiger partial charge in [0.1, 0.15) is 5.75 Å². The fourth-order valence-corrected chi connectivity index (χ4v) is 2.52. The van der Waals surface area contributed by atoms with Gasteiger partial charge in [0.15, 0.2) is 0 Å². The van der Waals surface area contributed by atoms with Gasteiger partial charge in [-0.05, 0) is 36.5 Å². The maximum Gasteiger partial charge on any atom is 0.119 e. The lowest BCUT2D eigenvalue weighted by molar-refractivity contribution is 0.137. The Balaban J connectivity index is 2.46. The minimum atomic E-state index is -0.242. The second-order valence-corrected chi connectivity index (χ2v) is 5.36. The van der Waals surface area contributed by atoms with Crippen molar-refractivity contribution in [2.75, 3.05) is 7.11 Å². The Morgan fingerprint density at radius 1 is 1.26 bits per heavy atom. The third-order valence-electron chi connectivity index (χ3n) is 3.75. The zero-order valence-corrected chi connectivity index (χ0v) is 12.6. The van der Waals surface area contributed by atoms with Crippen molar-refractivity contribution in [1.29, 1.82) is 0 Å². The van der Waals surface area contributed by atoms with Gasteiger partial charge in [0.25, 0.3) is 0 Å². The number of unbranched alkanes of at least 4 members (excludes halogenated alkanes) is 1. The topological polar surface area (TPSA) is 29.5 Å². The zero-order valence-electron chi connectivity index (χ0n) is 12.6. The molecule has 0 bridgehead atoms. The number of ether oxygens (including phenoxy) is 1. The lowest BCUT2D eigenvalue weighted by Gasteiger charge is -2.19. The molecule has 1 aromatic carbocycles. The third kappa shape index (κ3) is 6.11. The summed E-state index contributed by atoms with van der Waals surface area (Å²) >= 11 is 0. The van der Waals surface area contributed by atoms with E-state index in [0.29, 0.717) is 5.92 Å². The number of hydrogen-bond donors (Lipinski definition) is 1. The third-order valence-corrected chi connectivity index (χ3v) is 3.75. The number of hydrogen-bond acceptors (Lipinski definition) is 2. The highest BCUT2D eigenvalue weighted by atomic mass is 16.5. The molecule has 0 spiro atoms. The van der Waals surface area contributed by atoms with Gasteiger partial charge < -0.3 is 9.84 Å². The van der Waals surface area contributed by atoms with E-state index in [1.54, 1.807) is 7.11 Å². The van der Waals surface area contributed by atoms with Crippen LogP contribution in [0.3, 0.4) is 0 Å². The molecule has 0 radical (unpaired) electrons. The number of methoxy groups -OCH3 is 1. The van der Waals surface area contributed by atoms with E-state index in [1.165, 1.54) is 19.3 Å². The van der Waals surface area contributed by atoms with Crippen molar-refractivity contribution >= 4 is 0 Å². The first kappa shape index (κ1) is 16.0. The number of benzene rings is 1. The molecule has 0 aromatic heterocycles. The fourth-order valence-electron chi connectivity index (χ4n) is 2.52. The summed E-state index contributed by atoms with van der Waals surface area (Å²) in [4.78, 5) is 0. The van der Waals surface area contributed by atoms with Crippen LogP contribution in [-0.2, 0) is 6.42 Å². The molecule has 19 heavy (non-hydrogen) atoms. The zero-order chi connectivity index (χ0) is 14.1. The average Bonchev–Trinajstić information content (AvgIpc) is 2.43. The Labute approximate surface area is 117 Å². The molecule has 0 saturated heterocycles. The van der Waals surface area contributed by atoms with Crippen molar-refractivity contribution < 1.29 is 9.84 Å². The summed E-state index contributed by atoms with van der Waals surface area (Å²) in [6, 6.07) is 7.98. The van der Waals surface area contributed by atoms with E-state index in [4.69, 9.17) is 4.74 Å². The van der Waals surface area contributed by atoms with E-state index in [0.717, 1.165) is 30.6 Å². The van der Waals surface area contributed by atoms with Gasteiger partial charge in [-0.1, -0.05) is 51.7 Å². The average molecular weight is 264 g/mol. The molecule has 108 valence electrons. The van der Waals surface area contributed by atoms with E-state index in [2.05, 4.69) is 19.9 Å². The predicted octanol–water partition coefficient (Wildman–Crippen LogP) is 4.21. The maximum atomic E-state index is 10.2. The molecule has 1 N–H and O–H groups in total. The summed E-state index contributed by atoms with van der Waals surface area (Å²) in [6.45, 7) is 4.44. The molecule has 0 aliphatic rings. The first-order valence-electron chi connectivity index (χ1n) is 7.50. The normalized spacial score (nSPS) is 14.1. The van der Waals surface area contributed by atoms with Gasteiger partial charge in [0, 0.05) is 0 Å². The van der Waals surface area contributed by atoms with Crippen LogP contribution < -0.4 is 4.74 Å². The van der Waals surface area contributed by atoms with Crippen LogP contribution in [0.4, 0.5) is 0 Å². The van der Waals surface area contributed by atoms with E-state index < -0.39 is 0 Å². The summed E-state index contributed by atoms with van der Waals surface area (Å²) in [6.07, 6.45) is 6.30. The van der Waals surface area contributed by atoms with Crippen LogP contribution in [0.25, 0.3) is 0 Å². The highest BCUT2D eigenvalue weighted by Gasteiger charge is 2.13. The summed E-state index contributed by atoms with van der Waals surface area (Å²) in [7, 11) is 1.67. The Hall–Kier alpha value is -1.02. The molecule has 0 heterocycles. The summed E-state index contributed by atoms with van der Waals surface area (Å²) in [5, 5.41) is 10.2. The molecule has 2 unspecified atom stereocenters. The van der Waals surface area contributed by atoms with Crippen molar-refractivity contribution in [3.8, 4) is 5.75 Å². The minimum Gasteiger partial charge on any atom is -0.497 e. The van der Waals surface area contributed by atoms with E-state index in [9.17, 15) is 5.11 Å². The monoisotopic (exact) mass is 264 g/mol. The van der Waals surface area contributed by atoms with Gasteiger partial charge in [-0.25, -0.2) is 0 Å². The molecule has 1 aromatic rings. The van der Waals surface area contributed by atoms with Crippen LogP contribution in [0.1, 0.15) is 51.5 Å². The summed E-state index contributed by atoms with van der Waals surface area (Å²) in [5.74, 6) is 1.52. The molecule has 0 aliphatic carbocycles. The van der Waals surface area contributed by atoms with Crippen LogP contribution in [0, 0.1) is 5.92 Å². The highest BCUT2D eigenvalue weighted by molar-refractivity contribution is 5.28. The first-order valence-corrected chi connectivity index (χ1v) is 7.50. The van der Waals surface area contributed by atoms with Crippen molar-refractivity contribution in [3.05, 3.63) is 29.8 Å². The van der Waals surface area contributed by atoms with Gasteiger partial charge in [0.05, 0.1) is 13.2 Å². The maximum absolute atomic E-state index is 10.2. The van der Waals surface area contributed by atoms with Gasteiger partial charge in [-0.3, -0.25) is 0 Å². The summed E-state index contributed by atoms with van der Waals surface area (Å²) in [5.41, 5.74) is 1.15.